The quantitative estimate of drug-likeness (QED) is 0.264. The van der Waals surface area contributed by atoms with Crippen LogP contribution in [0.25, 0.3) is 0 Å². The topological polar surface area (TPSA) is 55.8 Å². The van der Waals surface area contributed by atoms with Crippen molar-refractivity contribution in [3.05, 3.63) is 22.3 Å². The van der Waals surface area contributed by atoms with Crippen molar-refractivity contribution >= 4 is 5.97 Å². The first kappa shape index (κ1) is 33.3. The molecule has 0 saturated carbocycles. The number of ether oxygens (including phenoxy) is 2. The lowest BCUT2D eigenvalue weighted by Crippen LogP contribution is -2.37. The summed E-state index contributed by atoms with van der Waals surface area (Å²) in [6, 6.07) is 0. The van der Waals surface area contributed by atoms with Crippen LogP contribution in [0.2, 0.25) is 0 Å². The number of rotatable bonds is 13. The molecule has 1 aliphatic rings. The summed E-state index contributed by atoms with van der Waals surface area (Å²) >= 11 is 0. The minimum absolute atomic E-state index is 0.0712. The molecule has 4 heteroatoms. The molecule has 3 atom stereocenters. The Morgan fingerprint density at radius 2 is 1.46 bits per heavy atom. The molecular formula is C33H58O4. The van der Waals surface area contributed by atoms with Crippen LogP contribution in [0.3, 0.4) is 0 Å². The molecule has 2 rings (SSSR count). The molecule has 1 aromatic rings. The Balaban J connectivity index is 0.00000102. The van der Waals surface area contributed by atoms with Crippen molar-refractivity contribution in [3.8, 4) is 11.5 Å². The molecule has 0 saturated heterocycles. The molecule has 4 nitrogen and oxygen atoms in total. The van der Waals surface area contributed by atoms with Gasteiger partial charge in [0.1, 0.15) is 17.1 Å². The van der Waals surface area contributed by atoms with Crippen LogP contribution in [0.4, 0.5) is 0 Å². The van der Waals surface area contributed by atoms with E-state index in [9.17, 15) is 9.90 Å². The molecule has 1 heterocycles. The Hall–Kier alpha value is -1.71. The van der Waals surface area contributed by atoms with Gasteiger partial charge in [-0.05, 0) is 94.7 Å². The molecule has 0 aliphatic carbocycles. The van der Waals surface area contributed by atoms with Gasteiger partial charge in [0.15, 0.2) is 0 Å². The summed E-state index contributed by atoms with van der Waals surface area (Å²) < 4.78 is 11.0. The van der Waals surface area contributed by atoms with Gasteiger partial charge in [-0.1, -0.05) is 72.6 Å². The molecule has 0 spiro atoms. The third kappa shape index (κ3) is 11.7. The smallest absolute Gasteiger partial charge is 0.302 e. The lowest BCUT2D eigenvalue weighted by Gasteiger charge is -2.38. The Labute approximate surface area is 228 Å². The van der Waals surface area contributed by atoms with Crippen molar-refractivity contribution in [3.63, 3.8) is 0 Å². The summed E-state index contributed by atoms with van der Waals surface area (Å²) in [6.07, 6.45) is 14.1. The molecule has 37 heavy (non-hydrogen) atoms. The second-order valence-corrected chi connectivity index (χ2v) is 12.4. The highest BCUT2D eigenvalue weighted by Gasteiger charge is 2.34. The maximum atomic E-state index is 10.4. The fraction of sp³-hybridized carbons (Fsp3) is 0.788. The average Bonchev–Trinajstić information content (AvgIpc) is 2.81. The van der Waals surface area contributed by atoms with E-state index in [0.29, 0.717) is 12.4 Å². The highest BCUT2D eigenvalue weighted by molar-refractivity contribution is 5.65. The van der Waals surface area contributed by atoms with Crippen molar-refractivity contribution in [2.75, 3.05) is 6.61 Å². The van der Waals surface area contributed by atoms with E-state index in [1.807, 2.05) is 13.8 Å². The van der Waals surface area contributed by atoms with Gasteiger partial charge in [0.25, 0.3) is 0 Å². The maximum Gasteiger partial charge on any atom is 0.302 e. The van der Waals surface area contributed by atoms with Crippen molar-refractivity contribution in [2.24, 2.45) is 17.8 Å². The number of fused-ring (bicyclic) bond motifs is 1. The van der Waals surface area contributed by atoms with E-state index in [1.54, 1.807) is 6.92 Å². The van der Waals surface area contributed by atoms with Crippen LogP contribution in [0.15, 0.2) is 0 Å². The highest BCUT2D eigenvalue weighted by Crippen LogP contribution is 2.44. The van der Waals surface area contributed by atoms with E-state index in [4.69, 9.17) is 4.74 Å². The van der Waals surface area contributed by atoms with Crippen molar-refractivity contribution in [2.45, 2.75) is 145 Å². The molecule has 2 unspecified atom stereocenters. The van der Waals surface area contributed by atoms with E-state index < -0.39 is 0 Å². The lowest BCUT2D eigenvalue weighted by atomic mass is 9.84. The zero-order valence-electron chi connectivity index (χ0n) is 25.9. The number of carbonyl (C=O) groups is 1. The number of hydrogen-bond donors (Lipinski definition) is 1. The molecule has 1 aromatic carbocycles. The number of hydrogen-bond acceptors (Lipinski definition) is 4. The predicted octanol–water partition coefficient (Wildman–Crippen LogP) is 9.41. The summed E-state index contributed by atoms with van der Waals surface area (Å²) in [6.45, 7) is 21.6. The first-order chi connectivity index (χ1) is 17.3. The SMILES string of the molecule is CCOC(C)=O.Cc1c(C)c2c(c(C)c1O)CC[C@@](C)(CCCC(C)CCCC(C)CCCC(C)C)O2. The molecule has 1 aliphatic heterocycles. The van der Waals surface area contributed by atoms with Crippen LogP contribution in [-0.4, -0.2) is 23.3 Å². The monoisotopic (exact) mass is 518 g/mol. The van der Waals surface area contributed by atoms with Gasteiger partial charge in [0, 0.05) is 12.5 Å². The second-order valence-electron chi connectivity index (χ2n) is 12.4. The van der Waals surface area contributed by atoms with Crippen LogP contribution >= 0.6 is 0 Å². The largest absolute Gasteiger partial charge is 0.507 e. The van der Waals surface area contributed by atoms with Crippen molar-refractivity contribution in [1.29, 1.82) is 0 Å². The number of phenolic OH excluding ortho intramolecular Hbond substituents is 1. The van der Waals surface area contributed by atoms with Gasteiger partial charge in [0.2, 0.25) is 0 Å². The van der Waals surface area contributed by atoms with Gasteiger partial charge in [-0.15, -0.1) is 0 Å². The molecule has 0 amide bonds. The van der Waals surface area contributed by atoms with Crippen LogP contribution in [0.5, 0.6) is 11.5 Å². The van der Waals surface area contributed by atoms with Crippen LogP contribution in [0.1, 0.15) is 135 Å². The number of carbonyl (C=O) groups excluding carboxylic acids is 1. The summed E-state index contributed by atoms with van der Waals surface area (Å²) in [5.74, 6) is 3.82. The Morgan fingerprint density at radius 1 is 0.919 bits per heavy atom. The molecular weight excluding hydrogens is 460 g/mol. The van der Waals surface area contributed by atoms with Crippen molar-refractivity contribution in [1.82, 2.24) is 0 Å². The van der Waals surface area contributed by atoms with Crippen LogP contribution < -0.4 is 4.74 Å². The fourth-order valence-corrected chi connectivity index (χ4v) is 5.48. The van der Waals surface area contributed by atoms with E-state index in [0.717, 1.165) is 59.5 Å². The van der Waals surface area contributed by atoms with Gasteiger partial charge in [-0.2, -0.15) is 0 Å². The van der Waals surface area contributed by atoms with Gasteiger partial charge in [-0.3, -0.25) is 4.79 Å². The lowest BCUT2D eigenvalue weighted by molar-refractivity contribution is -0.140. The summed E-state index contributed by atoms with van der Waals surface area (Å²) in [5.41, 5.74) is 4.23. The maximum absolute atomic E-state index is 10.4. The first-order valence-electron chi connectivity index (χ1n) is 14.9. The zero-order valence-corrected chi connectivity index (χ0v) is 25.9. The number of phenols is 1. The molecule has 1 N–H and O–H groups in total. The van der Waals surface area contributed by atoms with E-state index >= 15 is 0 Å². The van der Waals surface area contributed by atoms with Crippen molar-refractivity contribution < 1.29 is 19.4 Å². The average molecular weight is 519 g/mol. The van der Waals surface area contributed by atoms with Gasteiger partial charge >= 0.3 is 5.97 Å². The van der Waals surface area contributed by atoms with Gasteiger partial charge in [0.05, 0.1) is 6.61 Å². The van der Waals surface area contributed by atoms with Crippen LogP contribution in [-0.2, 0) is 16.0 Å². The second kappa shape index (κ2) is 16.3. The first-order valence-corrected chi connectivity index (χ1v) is 14.9. The number of esters is 1. The zero-order chi connectivity index (χ0) is 28.2. The number of aromatic hydroxyl groups is 1. The summed E-state index contributed by atoms with van der Waals surface area (Å²) in [4.78, 5) is 9.82. The fourth-order valence-electron chi connectivity index (χ4n) is 5.48. The highest BCUT2D eigenvalue weighted by atomic mass is 16.5. The molecule has 0 bridgehead atoms. The summed E-state index contributed by atoms with van der Waals surface area (Å²) in [5, 5.41) is 10.4. The molecule has 0 fully saturated rings. The van der Waals surface area contributed by atoms with E-state index in [-0.39, 0.29) is 11.6 Å². The third-order valence-corrected chi connectivity index (χ3v) is 8.21. The predicted molar refractivity (Wildman–Crippen MR) is 157 cm³/mol. The van der Waals surface area contributed by atoms with E-state index in [2.05, 4.69) is 46.3 Å². The number of benzene rings is 1. The minimum atomic E-state index is -0.211. The molecule has 0 radical (unpaired) electrons. The minimum Gasteiger partial charge on any atom is -0.507 e. The Bertz CT molecular complexity index is 828. The molecule has 0 aromatic heterocycles. The standard InChI is InChI=1S/C29H50O2.C4H8O2/c1-20(2)12-9-13-21(3)14-10-15-22(4)16-11-18-29(8)19-17-26-25(7)27(30)23(5)24(6)28(26)31-29;1-3-6-4(2)5/h20-22,30H,9-19H2,1-8H3;3H2,1-2H3/t21?,22?,29-;/m1./s1. The molecule has 214 valence electrons. The summed E-state index contributed by atoms with van der Waals surface area (Å²) in [7, 11) is 0. The van der Waals surface area contributed by atoms with E-state index in [1.165, 1.54) is 63.9 Å². The van der Waals surface area contributed by atoms with Gasteiger partial charge in [-0.25, -0.2) is 0 Å². The van der Waals surface area contributed by atoms with Crippen LogP contribution in [0, 0.1) is 38.5 Å². The third-order valence-electron chi connectivity index (χ3n) is 8.21. The van der Waals surface area contributed by atoms with Gasteiger partial charge < -0.3 is 14.6 Å². The normalized spacial score (nSPS) is 18.4. The Morgan fingerprint density at radius 3 is 1.95 bits per heavy atom. The Kier molecular flexibility index (Phi) is 14.7.